The standard InChI is InChI=1S/C12H13N5O3/c1-7-11(19)14-12(17-15-7)16-13-6-8-3-4-10(20-2)9(18)5-8/h3-6,18H,1-2H3,(H2,14,16,17,19)/b13-6+. The molecule has 3 N–H and O–H groups in total. The smallest absolute Gasteiger partial charge is 0.274 e. The van der Waals surface area contributed by atoms with Crippen LogP contribution >= 0.6 is 0 Å². The van der Waals surface area contributed by atoms with Crippen LogP contribution in [0.2, 0.25) is 0 Å². The summed E-state index contributed by atoms with van der Waals surface area (Å²) in [4.78, 5) is 13.8. The number of hydrogen-bond acceptors (Lipinski definition) is 7. The van der Waals surface area contributed by atoms with E-state index in [1.165, 1.54) is 19.4 Å². The fourth-order valence-electron chi connectivity index (χ4n) is 1.40. The van der Waals surface area contributed by atoms with Crippen LogP contribution in [0.3, 0.4) is 0 Å². The minimum atomic E-state index is -0.334. The number of nitrogens with one attached hydrogen (secondary N) is 2. The third-order valence-electron chi connectivity index (χ3n) is 2.45. The van der Waals surface area contributed by atoms with Gasteiger partial charge in [0.15, 0.2) is 11.5 Å². The normalized spacial score (nSPS) is 10.7. The molecular formula is C12H13N5O3. The van der Waals surface area contributed by atoms with Gasteiger partial charge in [-0.3, -0.25) is 9.78 Å². The van der Waals surface area contributed by atoms with Crippen molar-refractivity contribution in [3.63, 3.8) is 0 Å². The van der Waals surface area contributed by atoms with Gasteiger partial charge < -0.3 is 9.84 Å². The van der Waals surface area contributed by atoms with Gasteiger partial charge in [0.25, 0.3) is 5.56 Å². The molecule has 8 heteroatoms. The molecule has 2 rings (SSSR count). The summed E-state index contributed by atoms with van der Waals surface area (Å²) in [5.74, 6) is 0.526. The highest BCUT2D eigenvalue weighted by Gasteiger charge is 2.01. The number of aromatic nitrogens is 3. The summed E-state index contributed by atoms with van der Waals surface area (Å²) in [6.07, 6.45) is 1.46. The summed E-state index contributed by atoms with van der Waals surface area (Å²) >= 11 is 0. The summed E-state index contributed by atoms with van der Waals surface area (Å²) in [7, 11) is 1.47. The maximum Gasteiger partial charge on any atom is 0.274 e. The average Bonchev–Trinajstić information content (AvgIpc) is 2.43. The number of hydrazone groups is 1. The maximum absolute atomic E-state index is 11.3. The Morgan fingerprint density at radius 2 is 2.25 bits per heavy atom. The molecule has 0 radical (unpaired) electrons. The fraction of sp³-hybridized carbons (Fsp3) is 0.167. The highest BCUT2D eigenvalue weighted by molar-refractivity contribution is 5.81. The van der Waals surface area contributed by atoms with Gasteiger partial charge in [0.1, 0.15) is 5.69 Å². The van der Waals surface area contributed by atoms with Gasteiger partial charge in [-0.15, -0.1) is 10.2 Å². The monoisotopic (exact) mass is 275 g/mol. The number of anilines is 1. The number of aromatic amines is 1. The number of phenolic OH excluding ortho intramolecular Hbond substituents is 1. The zero-order chi connectivity index (χ0) is 14.5. The molecule has 0 saturated carbocycles. The van der Waals surface area contributed by atoms with Gasteiger partial charge in [-0.25, -0.2) is 5.43 Å². The molecule has 0 spiro atoms. The van der Waals surface area contributed by atoms with Crippen molar-refractivity contribution in [1.29, 1.82) is 0 Å². The van der Waals surface area contributed by atoms with E-state index in [2.05, 4.69) is 25.7 Å². The Bertz CT molecular complexity index is 696. The highest BCUT2D eigenvalue weighted by atomic mass is 16.5. The third kappa shape index (κ3) is 3.10. The highest BCUT2D eigenvalue weighted by Crippen LogP contribution is 2.25. The van der Waals surface area contributed by atoms with Crippen molar-refractivity contribution in [3.8, 4) is 11.5 Å². The molecule has 20 heavy (non-hydrogen) atoms. The molecule has 1 aromatic heterocycles. The molecule has 0 atom stereocenters. The summed E-state index contributed by atoms with van der Waals surface area (Å²) in [6, 6.07) is 4.82. The lowest BCUT2D eigenvalue weighted by molar-refractivity contribution is 0.373. The van der Waals surface area contributed by atoms with Crippen LogP contribution < -0.4 is 15.7 Å². The van der Waals surface area contributed by atoms with Crippen molar-refractivity contribution >= 4 is 12.2 Å². The van der Waals surface area contributed by atoms with E-state index >= 15 is 0 Å². The van der Waals surface area contributed by atoms with E-state index in [0.717, 1.165) is 0 Å². The molecule has 2 aromatic rings. The number of ether oxygens (including phenoxy) is 1. The van der Waals surface area contributed by atoms with E-state index in [-0.39, 0.29) is 23.0 Å². The lowest BCUT2D eigenvalue weighted by Crippen LogP contribution is -2.15. The Morgan fingerprint density at radius 3 is 2.90 bits per heavy atom. The number of rotatable bonds is 4. The zero-order valence-electron chi connectivity index (χ0n) is 10.9. The van der Waals surface area contributed by atoms with Crippen LogP contribution in [0.5, 0.6) is 11.5 Å². The van der Waals surface area contributed by atoms with Crippen molar-refractivity contribution in [2.45, 2.75) is 6.92 Å². The molecule has 1 heterocycles. The molecule has 8 nitrogen and oxygen atoms in total. The van der Waals surface area contributed by atoms with Crippen molar-refractivity contribution in [3.05, 3.63) is 39.8 Å². The van der Waals surface area contributed by atoms with Gasteiger partial charge in [0.05, 0.1) is 13.3 Å². The first-order chi connectivity index (χ1) is 9.60. The average molecular weight is 275 g/mol. The lowest BCUT2D eigenvalue weighted by atomic mass is 10.2. The lowest BCUT2D eigenvalue weighted by Gasteiger charge is -2.03. The third-order valence-corrected chi connectivity index (χ3v) is 2.45. The van der Waals surface area contributed by atoms with Crippen LogP contribution in [0.25, 0.3) is 0 Å². The number of H-pyrrole nitrogens is 1. The Kier molecular flexibility index (Phi) is 3.94. The van der Waals surface area contributed by atoms with E-state index in [4.69, 9.17) is 4.74 Å². The van der Waals surface area contributed by atoms with Crippen LogP contribution in [0, 0.1) is 6.92 Å². The summed E-state index contributed by atoms with van der Waals surface area (Å²) in [5, 5.41) is 20.8. The van der Waals surface area contributed by atoms with E-state index < -0.39 is 0 Å². The van der Waals surface area contributed by atoms with Crippen molar-refractivity contribution in [2.24, 2.45) is 5.10 Å². The first-order valence-corrected chi connectivity index (χ1v) is 5.70. The number of aromatic hydroxyl groups is 1. The van der Waals surface area contributed by atoms with Crippen molar-refractivity contribution < 1.29 is 9.84 Å². The minimum absolute atomic E-state index is 0.0139. The Labute approximate surface area is 114 Å². The summed E-state index contributed by atoms with van der Waals surface area (Å²) < 4.78 is 4.93. The molecule has 1 aromatic carbocycles. The van der Waals surface area contributed by atoms with Gasteiger partial charge in [-0.1, -0.05) is 0 Å². The molecule has 0 unspecified atom stereocenters. The first-order valence-electron chi connectivity index (χ1n) is 5.70. The summed E-state index contributed by atoms with van der Waals surface area (Å²) in [6.45, 7) is 1.55. The Morgan fingerprint density at radius 1 is 1.45 bits per heavy atom. The van der Waals surface area contributed by atoms with E-state index in [1.807, 2.05) is 0 Å². The molecule has 0 aliphatic carbocycles. The van der Waals surface area contributed by atoms with Crippen molar-refractivity contribution in [2.75, 3.05) is 12.5 Å². The van der Waals surface area contributed by atoms with E-state index in [0.29, 0.717) is 11.3 Å². The van der Waals surface area contributed by atoms with Gasteiger partial charge in [-0.05, 0) is 30.7 Å². The predicted molar refractivity (Wildman–Crippen MR) is 73.3 cm³/mol. The minimum Gasteiger partial charge on any atom is -0.504 e. The van der Waals surface area contributed by atoms with Crippen LogP contribution in [0.1, 0.15) is 11.3 Å². The maximum atomic E-state index is 11.3. The fourth-order valence-corrected chi connectivity index (χ4v) is 1.40. The molecule has 0 bridgehead atoms. The SMILES string of the molecule is COc1ccc(/C=N/Nc2nnc(C)c(=O)[nH]2)cc1O. The van der Waals surface area contributed by atoms with Crippen LogP contribution in [-0.2, 0) is 0 Å². The predicted octanol–water partition coefficient (Wildman–Crippen LogP) is 0.634. The number of phenols is 1. The first kappa shape index (κ1) is 13.5. The largest absolute Gasteiger partial charge is 0.504 e. The number of benzene rings is 1. The van der Waals surface area contributed by atoms with Gasteiger partial charge in [0, 0.05) is 0 Å². The Hall–Kier alpha value is -2.90. The second kappa shape index (κ2) is 5.83. The number of aryl methyl sites for hydroxylation is 1. The molecule has 104 valence electrons. The molecule has 0 aliphatic heterocycles. The van der Waals surface area contributed by atoms with Gasteiger partial charge in [-0.2, -0.15) is 5.10 Å². The summed E-state index contributed by atoms with van der Waals surface area (Å²) in [5.41, 5.74) is 3.13. The topological polar surface area (TPSA) is 112 Å². The van der Waals surface area contributed by atoms with Crippen LogP contribution in [0.15, 0.2) is 28.1 Å². The molecule has 0 saturated heterocycles. The second-order valence-corrected chi connectivity index (χ2v) is 3.89. The molecule has 0 fully saturated rings. The second-order valence-electron chi connectivity index (χ2n) is 3.89. The molecular weight excluding hydrogens is 262 g/mol. The van der Waals surface area contributed by atoms with Gasteiger partial charge in [0.2, 0.25) is 5.95 Å². The van der Waals surface area contributed by atoms with Crippen LogP contribution in [-0.4, -0.2) is 33.6 Å². The van der Waals surface area contributed by atoms with Gasteiger partial charge >= 0.3 is 0 Å². The van der Waals surface area contributed by atoms with Crippen molar-refractivity contribution in [1.82, 2.24) is 15.2 Å². The number of methoxy groups -OCH3 is 1. The van der Waals surface area contributed by atoms with Crippen LogP contribution in [0.4, 0.5) is 5.95 Å². The molecule has 0 amide bonds. The van der Waals surface area contributed by atoms with E-state index in [1.54, 1.807) is 19.1 Å². The zero-order valence-corrected chi connectivity index (χ0v) is 10.9. The number of hydrogen-bond donors (Lipinski definition) is 3. The van der Waals surface area contributed by atoms with E-state index in [9.17, 15) is 9.90 Å². The molecule has 0 aliphatic rings. The Balaban J connectivity index is 2.08. The quantitative estimate of drug-likeness (QED) is 0.557. The number of nitrogens with zero attached hydrogens (tertiary/aromatic N) is 3.